The minimum absolute atomic E-state index is 0.194. The average Bonchev–Trinajstić information content (AvgIpc) is 2.39. The Hall–Kier alpha value is -0.910. The number of carbonyl (C=O) groups excluding carboxylic acids is 2. The standard InChI is InChI=1S/C7H10N2O3S/c8-7(11)12-3-4-2-9-5(10)1-6(9)13-4/h4,6H,1-3H2,(H2,8,11)/t4?,6-/m0/s1. The van der Waals surface area contributed by atoms with Crippen molar-refractivity contribution in [2.75, 3.05) is 13.2 Å². The van der Waals surface area contributed by atoms with Crippen LogP contribution in [0.25, 0.3) is 0 Å². The van der Waals surface area contributed by atoms with Crippen LogP contribution < -0.4 is 5.73 Å². The highest BCUT2D eigenvalue weighted by Gasteiger charge is 2.44. The summed E-state index contributed by atoms with van der Waals surface area (Å²) in [6, 6.07) is 0. The molecule has 2 rings (SSSR count). The summed E-state index contributed by atoms with van der Waals surface area (Å²) in [6.45, 7) is 0.988. The summed E-state index contributed by atoms with van der Waals surface area (Å²) in [5, 5.41) is 0.512. The zero-order chi connectivity index (χ0) is 9.42. The molecule has 0 radical (unpaired) electrons. The number of hydrogen-bond acceptors (Lipinski definition) is 4. The zero-order valence-electron chi connectivity index (χ0n) is 6.93. The molecule has 0 aromatic rings. The van der Waals surface area contributed by atoms with E-state index in [-0.39, 0.29) is 11.2 Å². The molecule has 2 aliphatic rings. The summed E-state index contributed by atoms with van der Waals surface area (Å²) < 4.78 is 4.67. The van der Waals surface area contributed by atoms with E-state index in [1.165, 1.54) is 0 Å². The van der Waals surface area contributed by atoms with E-state index in [9.17, 15) is 9.59 Å². The summed E-state index contributed by atoms with van der Waals surface area (Å²) in [4.78, 5) is 23.1. The number of β-lactam (4-membered cyclic amide) rings is 1. The minimum Gasteiger partial charge on any atom is -0.448 e. The van der Waals surface area contributed by atoms with Crippen LogP contribution in [0, 0.1) is 0 Å². The zero-order valence-corrected chi connectivity index (χ0v) is 7.75. The van der Waals surface area contributed by atoms with Crippen molar-refractivity contribution < 1.29 is 14.3 Å². The molecule has 2 saturated heterocycles. The molecule has 1 unspecified atom stereocenters. The van der Waals surface area contributed by atoms with Gasteiger partial charge in [0.1, 0.15) is 6.61 Å². The van der Waals surface area contributed by atoms with Crippen LogP contribution in [0.5, 0.6) is 0 Å². The molecule has 6 heteroatoms. The van der Waals surface area contributed by atoms with Crippen molar-refractivity contribution in [3.05, 3.63) is 0 Å². The number of nitrogens with zero attached hydrogens (tertiary/aromatic N) is 1. The summed E-state index contributed by atoms with van der Waals surface area (Å²) in [7, 11) is 0. The second-order valence-corrected chi connectivity index (χ2v) is 4.58. The summed E-state index contributed by atoms with van der Waals surface area (Å²) in [5.41, 5.74) is 4.83. The molecular formula is C7H10N2O3S. The van der Waals surface area contributed by atoms with Crippen molar-refractivity contribution in [3.63, 3.8) is 0 Å². The minimum atomic E-state index is -0.749. The van der Waals surface area contributed by atoms with Gasteiger partial charge >= 0.3 is 6.09 Å². The van der Waals surface area contributed by atoms with E-state index < -0.39 is 6.09 Å². The van der Waals surface area contributed by atoms with Crippen molar-refractivity contribution in [1.29, 1.82) is 0 Å². The number of ether oxygens (including phenoxy) is 1. The number of fused-ring (bicyclic) bond motifs is 1. The first-order valence-electron chi connectivity index (χ1n) is 4.04. The predicted molar refractivity (Wildman–Crippen MR) is 47.0 cm³/mol. The summed E-state index contributed by atoms with van der Waals surface area (Å²) in [5.74, 6) is 0.194. The molecule has 2 atom stereocenters. The highest BCUT2D eigenvalue weighted by atomic mass is 32.2. The van der Waals surface area contributed by atoms with E-state index >= 15 is 0 Å². The fourth-order valence-electron chi connectivity index (χ4n) is 1.52. The molecule has 5 nitrogen and oxygen atoms in total. The SMILES string of the molecule is NC(=O)OCC1CN2C(=O)C[C@@H]2S1. The van der Waals surface area contributed by atoms with E-state index in [1.54, 1.807) is 16.7 Å². The van der Waals surface area contributed by atoms with Gasteiger partial charge in [-0.15, -0.1) is 11.8 Å². The van der Waals surface area contributed by atoms with E-state index in [0.717, 1.165) is 0 Å². The molecule has 2 N–H and O–H groups in total. The highest BCUT2D eigenvalue weighted by molar-refractivity contribution is 8.00. The molecule has 0 aliphatic carbocycles. The van der Waals surface area contributed by atoms with Gasteiger partial charge in [-0.3, -0.25) is 4.79 Å². The van der Waals surface area contributed by atoms with Gasteiger partial charge in [0.25, 0.3) is 0 Å². The first-order chi connectivity index (χ1) is 6.16. The topological polar surface area (TPSA) is 72.6 Å². The fraction of sp³-hybridized carbons (Fsp3) is 0.714. The Balaban J connectivity index is 1.78. The van der Waals surface area contributed by atoms with E-state index in [4.69, 9.17) is 5.73 Å². The lowest BCUT2D eigenvalue weighted by Crippen LogP contribution is -2.47. The largest absolute Gasteiger partial charge is 0.448 e. The van der Waals surface area contributed by atoms with Crippen LogP contribution in [-0.4, -0.2) is 40.7 Å². The van der Waals surface area contributed by atoms with Crippen molar-refractivity contribution in [2.24, 2.45) is 5.73 Å². The number of nitrogens with two attached hydrogens (primary N) is 1. The number of hydrogen-bond donors (Lipinski definition) is 1. The molecule has 0 aromatic heterocycles. The Morgan fingerprint density at radius 2 is 2.54 bits per heavy atom. The molecule has 0 spiro atoms. The monoisotopic (exact) mass is 202 g/mol. The molecule has 13 heavy (non-hydrogen) atoms. The lowest BCUT2D eigenvalue weighted by Gasteiger charge is -2.32. The van der Waals surface area contributed by atoms with Gasteiger partial charge in [-0.2, -0.15) is 0 Å². The molecule has 0 saturated carbocycles. The third kappa shape index (κ3) is 1.58. The highest BCUT2D eigenvalue weighted by Crippen LogP contribution is 2.39. The van der Waals surface area contributed by atoms with Gasteiger partial charge < -0.3 is 15.4 Å². The van der Waals surface area contributed by atoms with Crippen molar-refractivity contribution in [1.82, 2.24) is 4.90 Å². The number of carbonyl (C=O) groups is 2. The normalized spacial score (nSPS) is 31.1. The van der Waals surface area contributed by atoms with Gasteiger partial charge in [0.15, 0.2) is 0 Å². The van der Waals surface area contributed by atoms with Crippen molar-refractivity contribution >= 4 is 23.8 Å². The molecule has 72 valence electrons. The maximum Gasteiger partial charge on any atom is 0.404 e. The second-order valence-electron chi connectivity index (χ2n) is 3.09. The van der Waals surface area contributed by atoms with E-state index in [2.05, 4.69) is 4.74 Å². The maximum absolute atomic E-state index is 11.0. The molecule has 2 aliphatic heterocycles. The molecule has 0 aromatic carbocycles. The third-order valence-corrected chi connectivity index (χ3v) is 3.58. The molecule has 2 heterocycles. The van der Waals surface area contributed by atoms with Gasteiger partial charge in [-0.1, -0.05) is 0 Å². The number of thioether (sulfide) groups is 1. The number of primary amides is 1. The smallest absolute Gasteiger partial charge is 0.404 e. The second kappa shape index (κ2) is 3.10. The lowest BCUT2D eigenvalue weighted by molar-refractivity contribution is -0.140. The Morgan fingerprint density at radius 1 is 1.77 bits per heavy atom. The predicted octanol–water partition coefficient (Wildman–Crippen LogP) is -0.244. The van der Waals surface area contributed by atoms with Crippen LogP contribution in [0.2, 0.25) is 0 Å². The van der Waals surface area contributed by atoms with Crippen LogP contribution in [0.15, 0.2) is 0 Å². The number of amides is 2. The van der Waals surface area contributed by atoms with Gasteiger partial charge in [0.2, 0.25) is 5.91 Å². The molecule has 2 amide bonds. The van der Waals surface area contributed by atoms with Crippen LogP contribution >= 0.6 is 11.8 Å². The average molecular weight is 202 g/mol. The van der Waals surface area contributed by atoms with Gasteiger partial charge in [-0.25, -0.2) is 4.79 Å². The Kier molecular flexibility index (Phi) is 2.07. The maximum atomic E-state index is 11.0. The molecule has 2 fully saturated rings. The fourth-order valence-corrected chi connectivity index (χ4v) is 2.94. The third-order valence-electron chi connectivity index (χ3n) is 2.18. The first kappa shape index (κ1) is 8.68. The van der Waals surface area contributed by atoms with Gasteiger partial charge in [-0.05, 0) is 0 Å². The van der Waals surface area contributed by atoms with Crippen LogP contribution in [0.4, 0.5) is 4.79 Å². The van der Waals surface area contributed by atoms with Gasteiger partial charge in [0.05, 0.1) is 17.0 Å². The van der Waals surface area contributed by atoms with E-state index in [0.29, 0.717) is 24.9 Å². The first-order valence-corrected chi connectivity index (χ1v) is 4.98. The van der Waals surface area contributed by atoms with Crippen molar-refractivity contribution in [2.45, 2.75) is 17.0 Å². The summed E-state index contributed by atoms with van der Waals surface area (Å²) >= 11 is 1.68. The summed E-state index contributed by atoms with van der Waals surface area (Å²) in [6.07, 6.45) is -0.126. The van der Waals surface area contributed by atoms with Crippen LogP contribution in [0.1, 0.15) is 6.42 Å². The van der Waals surface area contributed by atoms with E-state index in [1.807, 2.05) is 0 Å². The quantitative estimate of drug-likeness (QED) is 0.627. The Morgan fingerprint density at radius 3 is 3.08 bits per heavy atom. The Bertz CT molecular complexity index is 258. The van der Waals surface area contributed by atoms with Crippen molar-refractivity contribution in [3.8, 4) is 0 Å². The van der Waals surface area contributed by atoms with Crippen LogP contribution in [0.3, 0.4) is 0 Å². The molecular weight excluding hydrogens is 192 g/mol. The van der Waals surface area contributed by atoms with Crippen LogP contribution in [-0.2, 0) is 9.53 Å². The molecule has 0 bridgehead atoms. The Labute approximate surface area is 79.6 Å². The lowest BCUT2D eigenvalue weighted by atomic mass is 10.2. The van der Waals surface area contributed by atoms with Gasteiger partial charge in [0, 0.05) is 6.54 Å². The number of rotatable bonds is 2.